The van der Waals surface area contributed by atoms with Crippen molar-refractivity contribution in [3.63, 3.8) is 0 Å². The highest BCUT2D eigenvalue weighted by Crippen LogP contribution is 2.27. The Hall–Kier alpha value is -2.41. The molecule has 30 heavy (non-hydrogen) atoms. The van der Waals surface area contributed by atoms with Crippen molar-refractivity contribution in [3.05, 3.63) is 65.5 Å². The van der Waals surface area contributed by atoms with Crippen molar-refractivity contribution in [2.24, 2.45) is 5.41 Å². The zero-order valence-electron chi connectivity index (χ0n) is 18.5. The van der Waals surface area contributed by atoms with Gasteiger partial charge in [0.05, 0.1) is 18.5 Å². The van der Waals surface area contributed by atoms with Crippen LogP contribution in [0.25, 0.3) is 0 Å². The van der Waals surface area contributed by atoms with Crippen LogP contribution in [-0.4, -0.2) is 26.1 Å². The molecule has 164 valence electrons. The van der Waals surface area contributed by atoms with Gasteiger partial charge in [0.1, 0.15) is 5.82 Å². The third-order valence-electron chi connectivity index (χ3n) is 4.46. The molecule has 7 heteroatoms. The van der Waals surface area contributed by atoms with Gasteiger partial charge >= 0.3 is 0 Å². The Labute approximate surface area is 179 Å². The van der Waals surface area contributed by atoms with Crippen LogP contribution in [0.4, 0.5) is 10.1 Å². The van der Waals surface area contributed by atoms with Gasteiger partial charge in [-0.25, -0.2) is 12.8 Å². The van der Waals surface area contributed by atoms with Gasteiger partial charge in [0.2, 0.25) is 10.0 Å². The van der Waals surface area contributed by atoms with Gasteiger partial charge in [-0.1, -0.05) is 39.0 Å². The fourth-order valence-corrected chi connectivity index (χ4v) is 4.59. The zero-order valence-corrected chi connectivity index (χ0v) is 19.3. The number of amides is 1. The monoisotopic (exact) mass is 434 g/mol. The van der Waals surface area contributed by atoms with E-state index in [9.17, 15) is 17.6 Å². The maximum atomic E-state index is 13.6. The molecule has 0 aliphatic rings. The van der Waals surface area contributed by atoms with E-state index < -0.39 is 15.8 Å². The molecule has 1 N–H and O–H groups in total. The van der Waals surface area contributed by atoms with E-state index in [1.165, 1.54) is 18.2 Å². The smallest absolute Gasteiger partial charge is 0.251 e. The summed E-state index contributed by atoms with van der Waals surface area (Å²) in [5, 5.41) is 3.06. The summed E-state index contributed by atoms with van der Waals surface area (Å²) in [7, 11) is -3.61. The van der Waals surface area contributed by atoms with Crippen LogP contribution in [0, 0.1) is 11.2 Å². The first-order valence-electron chi connectivity index (χ1n) is 9.81. The molecule has 0 fully saturated rings. The fourth-order valence-electron chi connectivity index (χ4n) is 3.71. The molecule has 2 aromatic rings. The number of rotatable bonds is 7. The number of hydrogen-bond donors (Lipinski definition) is 1. The van der Waals surface area contributed by atoms with Crippen LogP contribution in [0.5, 0.6) is 0 Å². The quantitative estimate of drug-likeness (QED) is 0.685. The summed E-state index contributed by atoms with van der Waals surface area (Å²) < 4.78 is 39.2. The Bertz CT molecular complexity index is 994. The van der Waals surface area contributed by atoms with Crippen LogP contribution in [-0.2, 0) is 16.6 Å². The molecule has 2 aromatic carbocycles. The highest BCUT2D eigenvalue weighted by atomic mass is 32.2. The molecule has 0 unspecified atom stereocenters. The van der Waals surface area contributed by atoms with Gasteiger partial charge < -0.3 is 5.32 Å². The standard InChI is InChI=1S/C23H31FN2O3S/c1-22(2,3)16-23(4,5)25-21(27)18-12-10-17(11-13-18)15-26(30(6,28)29)20-9-7-8-19(24)14-20/h7-14H,15-16H2,1-6H3,(H,25,27). The Morgan fingerprint density at radius 1 is 1.03 bits per heavy atom. The minimum Gasteiger partial charge on any atom is -0.347 e. The summed E-state index contributed by atoms with van der Waals surface area (Å²) in [6, 6.07) is 12.2. The molecule has 0 aliphatic heterocycles. The largest absolute Gasteiger partial charge is 0.347 e. The highest BCUT2D eigenvalue weighted by molar-refractivity contribution is 7.92. The van der Waals surface area contributed by atoms with E-state index in [0.717, 1.165) is 17.0 Å². The second-order valence-electron chi connectivity index (χ2n) is 9.52. The van der Waals surface area contributed by atoms with E-state index in [1.807, 2.05) is 13.8 Å². The lowest BCUT2D eigenvalue weighted by molar-refractivity contribution is 0.0891. The van der Waals surface area contributed by atoms with Crippen molar-refractivity contribution >= 4 is 21.6 Å². The first kappa shape index (κ1) is 23.9. The Morgan fingerprint density at radius 2 is 1.63 bits per heavy atom. The van der Waals surface area contributed by atoms with Crippen molar-refractivity contribution in [1.82, 2.24) is 5.32 Å². The second kappa shape index (κ2) is 8.76. The number of carbonyl (C=O) groups excluding carboxylic acids is 1. The molecule has 5 nitrogen and oxygen atoms in total. The van der Waals surface area contributed by atoms with Gasteiger partial charge in [0.15, 0.2) is 0 Å². The van der Waals surface area contributed by atoms with Crippen molar-refractivity contribution < 1.29 is 17.6 Å². The number of hydrogen-bond acceptors (Lipinski definition) is 3. The molecule has 0 saturated heterocycles. The summed E-state index contributed by atoms with van der Waals surface area (Å²) >= 11 is 0. The molecule has 0 heterocycles. The minimum absolute atomic E-state index is 0.0414. The van der Waals surface area contributed by atoms with Crippen LogP contribution in [0.2, 0.25) is 0 Å². The summed E-state index contributed by atoms with van der Waals surface area (Å²) in [6.07, 6.45) is 1.90. The zero-order chi connectivity index (χ0) is 22.7. The predicted octanol–water partition coefficient (Wildman–Crippen LogP) is 4.74. The summed E-state index contributed by atoms with van der Waals surface area (Å²) in [6.45, 7) is 10.4. The van der Waals surface area contributed by atoms with E-state index in [-0.39, 0.29) is 29.1 Å². The van der Waals surface area contributed by atoms with E-state index in [4.69, 9.17) is 0 Å². The average molecular weight is 435 g/mol. The van der Waals surface area contributed by atoms with Gasteiger partial charge in [0.25, 0.3) is 5.91 Å². The summed E-state index contributed by atoms with van der Waals surface area (Å²) in [4.78, 5) is 12.6. The number of sulfonamides is 1. The van der Waals surface area contributed by atoms with Gasteiger partial charge in [-0.15, -0.1) is 0 Å². The Balaban J connectivity index is 2.17. The van der Waals surface area contributed by atoms with Gasteiger partial charge in [0, 0.05) is 11.1 Å². The molecule has 0 spiro atoms. The van der Waals surface area contributed by atoms with Crippen molar-refractivity contribution in [2.45, 2.75) is 53.1 Å². The van der Waals surface area contributed by atoms with Crippen LogP contribution < -0.4 is 9.62 Å². The number of halogens is 1. The molecular formula is C23H31FN2O3S. The lowest BCUT2D eigenvalue weighted by atomic mass is 9.81. The van der Waals surface area contributed by atoms with Gasteiger partial charge in [-0.2, -0.15) is 0 Å². The molecule has 0 aromatic heterocycles. The second-order valence-corrected chi connectivity index (χ2v) is 11.4. The Morgan fingerprint density at radius 3 is 2.13 bits per heavy atom. The van der Waals surface area contributed by atoms with E-state index in [2.05, 4.69) is 26.1 Å². The SMILES string of the molecule is CC(C)(C)CC(C)(C)NC(=O)c1ccc(CN(c2cccc(F)c2)S(C)(=O)=O)cc1. The molecule has 0 atom stereocenters. The number of carbonyl (C=O) groups is 1. The Kier molecular flexibility index (Phi) is 6.97. The van der Waals surface area contributed by atoms with Crippen molar-refractivity contribution in [1.29, 1.82) is 0 Å². The molecule has 1 amide bonds. The molecule has 0 bridgehead atoms. The van der Waals surface area contributed by atoms with E-state index >= 15 is 0 Å². The van der Waals surface area contributed by atoms with Crippen LogP contribution in [0.3, 0.4) is 0 Å². The predicted molar refractivity (Wildman–Crippen MR) is 119 cm³/mol. The third kappa shape index (κ3) is 7.13. The minimum atomic E-state index is -3.61. The summed E-state index contributed by atoms with van der Waals surface area (Å²) in [5.74, 6) is -0.688. The molecular weight excluding hydrogens is 403 g/mol. The lowest BCUT2D eigenvalue weighted by Gasteiger charge is -2.33. The molecule has 0 aliphatic carbocycles. The molecule has 0 saturated carbocycles. The van der Waals surface area contributed by atoms with Crippen molar-refractivity contribution in [3.8, 4) is 0 Å². The van der Waals surface area contributed by atoms with Crippen molar-refractivity contribution in [2.75, 3.05) is 10.6 Å². The maximum Gasteiger partial charge on any atom is 0.251 e. The number of nitrogens with one attached hydrogen (secondary N) is 1. The van der Waals surface area contributed by atoms with E-state index in [0.29, 0.717) is 11.1 Å². The first-order valence-corrected chi connectivity index (χ1v) is 11.7. The van der Waals surface area contributed by atoms with E-state index in [1.54, 1.807) is 30.3 Å². The fraction of sp³-hybridized carbons (Fsp3) is 0.435. The third-order valence-corrected chi connectivity index (χ3v) is 5.60. The van der Waals surface area contributed by atoms with Crippen LogP contribution in [0.1, 0.15) is 57.0 Å². The molecule has 2 rings (SSSR count). The topological polar surface area (TPSA) is 66.5 Å². The summed E-state index contributed by atoms with van der Waals surface area (Å²) in [5.41, 5.74) is 1.15. The van der Waals surface area contributed by atoms with Crippen LogP contribution in [0.15, 0.2) is 48.5 Å². The average Bonchev–Trinajstić information content (AvgIpc) is 2.56. The first-order chi connectivity index (χ1) is 13.7. The van der Waals surface area contributed by atoms with Gasteiger partial charge in [-0.05, 0) is 61.6 Å². The number of benzene rings is 2. The maximum absolute atomic E-state index is 13.6. The lowest BCUT2D eigenvalue weighted by Crippen LogP contribution is -2.45. The van der Waals surface area contributed by atoms with Gasteiger partial charge in [-0.3, -0.25) is 9.10 Å². The normalized spacial score (nSPS) is 12.5. The highest BCUT2D eigenvalue weighted by Gasteiger charge is 2.27. The number of nitrogens with zero attached hydrogens (tertiary/aromatic N) is 1. The van der Waals surface area contributed by atoms with Crippen LogP contribution >= 0.6 is 0 Å². The molecule has 0 radical (unpaired) electrons. The number of anilines is 1.